The number of hydrogen-bond donors (Lipinski definition) is 1. The number of aryl methyl sites for hydroxylation is 1. The number of piperazine rings is 1. The molecule has 7 nitrogen and oxygen atoms in total. The van der Waals surface area contributed by atoms with Crippen molar-refractivity contribution in [3.05, 3.63) is 40.6 Å². The van der Waals surface area contributed by atoms with Crippen molar-refractivity contribution in [2.45, 2.75) is 82.8 Å². The van der Waals surface area contributed by atoms with Crippen molar-refractivity contribution in [3.8, 4) is 6.01 Å². The fourth-order valence-electron chi connectivity index (χ4n) is 7.20. The molecule has 0 radical (unpaired) electrons. The monoisotopic (exact) mass is 504 g/mol. The molecule has 3 unspecified atom stereocenters. The molecule has 7 heteroatoms. The minimum absolute atomic E-state index is 0.505. The van der Waals surface area contributed by atoms with E-state index in [4.69, 9.17) is 14.7 Å². The molecule has 0 amide bonds. The summed E-state index contributed by atoms with van der Waals surface area (Å²) in [5, 5.41) is 3.74. The van der Waals surface area contributed by atoms with Crippen LogP contribution in [0, 0.1) is 0 Å². The predicted molar refractivity (Wildman–Crippen MR) is 150 cm³/mol. The summed E-state index contributed by atoms with van der Waals surface area (Å²) in [6.45, 7) is 8.97. The number of likely N-dealkylation sites (tertiary alicyclic amines) is 1. The number of benzene rings is 1. The lowest BCUT2D eigenvalue weighted by molar-refractivity contribution is 0.374. The van der Waals surface area contributed by atoms with Gasteiger partial charge in [-0.1, -0.05) is 19.1 Å². The Bertz CT molecular complexity index is 1090. The number of rotatable bonds is 3. The van der Waals surface area contributed by atoms with Crippen LogP contribution in [0.1, 0.15) is 73.8 Å². The van der Waals surface area contributed by atoms with E-state index in [9.17, 15) is 0 Å². The molecule has 200 valence electrons. The number of hydrogen-bond acceptors (Lipinski definition) is 7. The van der Waals surface area contributed by atoms with Gasteiger partial charge in [-0.25, -0.2) is 0 Å². The highest BCUT2D eigenvalue weighted by molar-refractivity contribution is 5.62. The van der Waals surface area contributed by atoms with Gasteiger partial charge in [0.2, 0.25) is 0 Å². The molecule has 3 saturated heterocycles. The van der Waals surface area contributed by atoms with Crippen molar-refractivity contribution < 1.29 is 4.74 Å². The molecule has 0 spiro atoms. The standard InChI is InChI=1S/C25H33N5O.C5H11N/c1-16-5-3-6-17-7-4-8-22(23(16)17)29-12-11-20-21(15-29)27-25(31-2)28-24(20)30-13-18-9-10-19(14-30)26-18;1-6-4-2-3-5-6/h4,7-8,16,18-19,26H,3,5-6,9-15H2,1-2H3;2-5H2,1H3. The van der Waals surface area contributed by atoms with Crippen LogP contribution in [-0.2, 0) is 19.4 Å². The van der Waals surface area contributed by atoms with Crippen LogP contribution in [0.4, 0.5) is 11.5 Å². The molecule has 5 heterocycles. The first-order valence-electron chi connectivity index (χ1n) is 14.6. The molecule has 3 fully saturated rings. The number of fused-ring (bicyclic) bond motifs is 4. The molecule has 3 atom stereocenters. The number of aromatic nitrogens is 2. The van der Waals surface area contributed by atoms with Crippen molar-refractivity contribution in [2.75, 3.05) is 56.7 Å². The summed E-state index contributed by atoms with van der Waals surface area (Å²) in [6, 6.07) is 8.57. The van der Waals surface area contributed by atoms with E-state index in [0.29, 0.717) is 24.0 Å². The van der Waals surface area contributed by atoms with Gasteiger partial charge in [-0.3, -0.25) is 0 Å². The summed E-state index contributed by atoms with van der Waals surface area (Å²) in [6.07, 6.45) is 10.2. The highest BCUT2D eigenvalue weighted by atomic mass is 16.5. The largest absolute Gasteiger partial charge is 0.467 e. The Hall–Kier alpha value is -2.38. The highest BCUT2D eigenvalue weighted by Gasteiger charge is 2.35. The molecular weight excluding hydrogens is 460 g/mol. The number of nitrogens with one attached hydrogen (secondary N) is 1. The predicted octanol–water partition coefficient (Wildman–Crippen LogP) is 4.14. The lowest BCUT2D eigenvalue weighted by Gasteiger charge is -2.38. The molecule has 0 saturated carbocycles. The van der Waals surface area contributed by atoms with E-state index >= 15 is 0 Å². The second-order valence-corrected chi connectivity index (χ2v) is 11.8. The first-order chi connectivity index (χ1) is 18.1. The molecule has 37 heavy (non-hydrogen) atoms. The first-order valence-corrected chi connectivity index (χ1v) is 14.6. The SMILES string of the molecule is CN1CCCC1.COc1nc2c(c(N3CC4CCC(C3)N4)n1)CCN(c1cccc3c1C(C)CCC3)C2. The first kappa shape index (κ1) is 24.9. The minimum Gasteiger partial charge on any atom is -0.467 e. The van der Waals surface area contributed by atoms with E-state index in [1.807, 2.05) is 0 Å². The third-order valence-corrected chi connectivity index (χ3v) is 9.14. The van der Waals surface area contributed by atoms with Crippen LogP contribution < -0.4 is 19.9 Å². The van der Waals surface area contributed by atoms with E-state index < -0.39 is 0 Å². The Kier molecular flexibility index (Phi) is 7.26. The molecule has 2 aromatic rings. The fraction of sp³-hybridized carbons (Fsp3) is 0.667. The van der Waals surface area contributed by atoms with Crippen LogP contribution in [0.2, 0.25) is 0 Å². The maximum atomic E-state index is 5.55. The molecule has 1 aromatic carbocycles. The summed E-state index contributed by atoms with van der Waals surface area (Å²) in [5.41, 5.74) is 6.99. The van der Waals surface area contributed by atoms with Crippen molar-refractivity contribution in [3.63, 3.8) is 0 Å². The van der Waals surface area contributed by atoms with Crippen molar-refractivity contribution in [1.82, 2.24) is 20.2 Å². The van der Waals surface area contributed by atoms with Gasteiger partial charge in [0.15, 0.2) is 0 Å². The van der Waals surface area contributed by atoms with E-state index in [1.165, 1.54) is 69.3 Å². The van der Waals surface area contributed by atoms with E-state index in [2.05, 4.69) is 52.2 Å². The van der Waals surface area contributed by atoms with Gasteiger partial charge in [-0.15, -0.1) is 0 Å². The quantitative estimate of drug-likeness (QED) is 0.674. The van der Waals surface area contributed by atoms with Crippen LogP contribution >= 0.6 is 0 Å². The molecule has 1 N–H and O–H groups in total. The highest BCUT2D eigenvalue weighted by Crippen LogP contribution is 2.40. The van der Waals surface area contributed by atoms with Gasteiger partial charge in [0.05, 0.1) is 19.3 Å². The van der Waals surface area contributed by atoms with Crippen LogP contribution in [0.25, 0.3) is 0 Å². The number of anilines is 2. The molecule has 7 rings (SSSR count). The molecular formula is C30H44N6O. The molecule has 2 bridgehead atoms. The van der Waals surface area contributed by atoms with Crippen LogP contribution in [0.15, 0.2) is 18.2 Å². The van der Waals surface area contributed by atoms with Gasteiger partial charge < -0.3 is 24.8 Å². The number of ether oxygens (including phenoxy) is 1. The van der Waals surface area contributed by atoms with Gasteiger partial charge in [0.1, 0.15) is 5.82 Å². The fourth-order valence-corrected chi connectivity index (χ4v) is 7.20. The summed E-state index contributed by atoms with van der Waals surface area (Å²) in [5.74, 6) is 1.75. The van der Waals surface area contributed by atoms with Gasteiger partial charge in [0, 0.05) is 43.0 Å². The topological polar surface area (TPSA) is 56.8 Å². The average molecular weight is 505 g/mol. The Morgan fingerprint density at radius 3 is 2.41 bits per heavy atom. The third-order valence-electron chi connectivity index (χ3n) is 9.14. The lowest BCUT2D eigenvalue weighted by Crippen LogP contribution is -2.52. The molecule has 1 aliphatic carbocycles. The second kappa shape index (κ2) is 10.8. The van der Waals surface area contributed by atoms with E-state index in [0.717, 1.165) is 44.1 Å². The third kappa shape index (κ3) is 5.17. The van der Waals surface area contributed by atoms with Crippen molar-refractivity contribution in [2.24, 2.45) is 0 Å². The summed E-state index contributed by atoms with van der Waals surface area (Å²) in [4.78, 5) is 17.1. The minimum atomic E-state index is 0.505. The number of methoxy groups -OCH3 is 1. The zero-order valence-electron chi connectivity index (χ0n) is 23.0. The van der Waals surface area contributed by atoms with Gasteiger partial charge >= 0.3 is 6.01 Å². The zero-order valence-corrected chi connectivity index (χ0v) is 23.0. The zero-order chi connectivity index (χ0) is 25.4. The van der Waals surface area contributed by atoms with Crippen LogP contribution in [0.3, 0.4) is 0 Å². The molecule has 4 aliphatic heterocycles. The van der Waals surface area contributed by atoms with Crippen molar-refractivity contribution >= 4 is 11.5 Å². The number of nitrogens with zero attached hydrogens (tertiary/aromatic N) is 5. The smallest absolute Gasteiger partial charge is 0.318 e. The molecule has 5 aliphatic rings. The average Bonchev–Trinajstić information content (AvgIpc) is 3.54. The van der Waals surface area contributed by atoms with Crippen molar-refractivity contribution in [1.29, 1.82) is 0 Å². The Morgan fingerprint density at radius 1 is 0.919 bits per heavy atom. The maximum absolute atomic E-state index is 5.55. The van der Waals surface area contributed by atoms with Crippen LogP contribution in [0.5, 0.6) is 6.01 Å². The summed E-state index contributed by atoms with van der Waals surface area (Å²) in [7, 11) is 3.86. The summed E-state index contributed by atoms with van der Waals surface area (Å²) >= 11 is 0. The van der Waals surface area contributed by atoms with Gasteiger partial charge in [0.25, 0.3) is 0 Å². The second-order valence-electron chi connectivity index (χ2n) is 11.8. The van der Waals surface area contributed by atoms with Gasteiger partial charge in [-0.2, -0.15) is 9.97 Å². The maximum Gasteiger partial charge on any atom is 0.318 e. The Labute approximate surface area is 222 Å². The summed E-state index contributed by atoms with van der Waals surface area (Å²) < 4.78 is 5.55. The van der Waals surface area contributed by atoms with Crippen LogP contribution in [-0.4, -0.2) is 73.8 Å². The Balaban J connectivity index is 0.000000372. The normalized spacial score (nSPS) is 26.8. The van der Waals surface area contributed by atoms with E-state index in [-0.39, 0.29) is 0 Å². The van der Waals surface area contributed by atoms with E-state index in [1.54, 1.807) is 18.2 Å². The lowest BCUT2D eigenvalue weighted by atomic mass is 9.82. The van der Waals surface area contributed by atoms with Gasteiger partial charge in [-0.05, 0) is 94.6 Å². The molecule has 1 aromatic heterocycles. The Morgan fingerprint density at radius 2 is 1.70 bits per heavy atom.